The highest BCUT2D eigenvalue weighted by atomic mass is 19.3. The average molecular weight is 383 g/mol. The number of ether oxygens (including phenoxy) is 2. The molecule has 3 rings (SSSR count). The number of hydrogen-bond acceptors (Lipinski definition) is 5. The Hall–Kier alpha value is -2.97. The fourth-order valence-corrected chi connectivity index (χ4v) is 2.79. The Morgan fingerprint density at radius 2 is 2.04 bits per heavy atom. The third kappa shape index (κ3) is 3.91. The Morgan fingerprint density at radius 1 is 1.30 bits per heavy atom. The molecule has 144 valence electrons. The number of nitrogens with two attached hydrogens (primary N) is 1. The summed E-state index contributed by atoms with van der Waals surface area (Å²) >= 11 is 0. The van der Waals surface area contributed by atoms with Crippen LogP contribution in [0.2, 0.25) is 0 Å². The van der Waals surface area contributed by atoms with Gasteiger partial charge in [-0.15, -0.1) is 0 Å². The highest BCUT2D eigenvalue weighted by Crippen LogP contribution is 2.38. The van der Waals surface area contributed by atoms with E-state index in [2.05, 4.69) is 15.0 Å². The normalized spacial score (nSPS) is 22.1. The molecule has 2 aromatic carbocycles. The number of nitrogens with one attached hydrogen (secondary N) is 1. The molecule has 0 saturated heterocycles. The van der Waals surface area contributed by atoms with Crippen LogP contribution >= 0.6 is 0 Å². The van der Waals surface area contributed by atoms with Crippen molar-refractivity contribution in [2.24, 2.45) is 10.7 Å². The number of rotatable bonds is 5. The molecule has 1 heterocycles. The van der Waals surface area contributed by atoms with Crippen LogP contribution < -0.4 is 15.8 Å². The Balaban J connectivity index is 1.94. The molecule has 27 heavy (non-hydrogen) atoms. The topological polar surface area (TPSA) is 68.9 Å². The molecule has 0 aromatic heterocycles. The lowest BCUT2D eigenvalue weighted by Crippen LogP contribution is -2.46. The van der Waals surface area contributed by atoms with E-state index < -0.39 is 24.2 Å². The van der Waals surface area contributed by atoms with E-state index in [9.17, 15) is 17.6 Å². The molecule has 0 spiro atoms. The maximum absolute atomic E-state index is 14.5. The van der Waals surface area contributed by atoms with Gasteiger partial charge in [0.1, 0.15) is 11.6 Å². The van der Waals surface area contributed by atoms with E-state index in [4.69, 9.17) is 10.5 Å². The van der Waals surface area contributed by atoms with Crippen molar-refractivity contribution in [2.75, 3.05) is 11.9 Å². The molecule has 9 heteroatoms. The second kappa shape index (κ2) is 7.34. The fourth-order valence-electron chi connectivity index (χ4n) is 2.79. The summed E-state index contributed by atoms with van der Waals surface area (Å²) in [7, 11) is 0. The van der Waals surface area contributed by atoms with E-state index in [1.165, 1.54) is 37.3 Å². The molecule has 0 fully saturated rings. The predicted molar refractivity (Wildman–Crippen MR) is 92.6 cm³/mol. The second-order valence-electron chi connectivity index (χ2n) is 6.05. The zero-order chi connectivity index (χ0) is 19.6. The summed E-state index contributed by atoms with van der Waals surface area (Å²) in [6, 6.07) is 9.63. The van der Waals surface area contributed by atoms with Crippen LogP contribution in [0.1, 0.15) is 12.5 Å². The lowest BCUT2D eigenvalue weighted by atomic mass is 9.89. The van der Waals surface area contributed by atoms with E-state index >= 15 is 0 Å². The van der Waals surface area contributed by atoms with Crippen LogP contribution in [0.5, 0.6) is 5.75 Å². The lowest BCUT2D eigenvalue weighted by molar-refractivity contribution is -0.0493. The molecule has 0 amide bonds. The lowest BCUT2D eigenvalue weighted by Gasteiger charge is -2.36. The van der Waals surface area contributed by atoms with Crippen molar-refractivity contribution in [3.05, 3.63) is 53.8 Å². The average Bonchev–Trinajstić information content (AvgIpc) is 2.61. The summed E-state index contributed by atoms with van der Waals surface area (Å²) in [5, 5.41) is 2.86. The van der Waals surface area contributed by atoms with E-state index in [0.717, 1.165) is 6.07 Å². The van der Waals surface area contributed by atoms with E-state index in [1.807, 2.05) is 0 Å². The van der Waals surface area contributed by atoms with Gasteiger partial charge in [0.2, 0.25) is 0 Å². The molecular weight excluding hydrogens is 366 g/mol. The van der Waals surface area contributed by atoms with Crippen molar-refractivity contribution >= 4 is 17.4 Å². The van der Waals surface area contributed by atoms with Crippen molar-refractivity contribution in [1.29, 1.82) is 0 Å². The SMILES string of the molecule is C[C@]1(c2cc(Nc3ccccc3OC(F)F)ccc2F)OC(N)=NC[C@H]1F. The molecule has 0 unspecified atom stereocenters. The fraction of sp³-hybridized carbons (Fsp3) is 0.278. The van der Waals surface area contributed by atoms with Crippen molar-refractivity contribution in [1.82, 2.24) is 0 Å². The van der Waals surface area contributed by atoms with Crippen LogP contribution in [0.4, 0.5) is 28.9 Å². The largest absolute Gasteiger partial charge is 0.451 e. The number of para-hydroxylation sites is 2. The Morgan fingerprint density at radius 3 is 2.78 bits per heavy atom. The standard InChI is InChI=1S/C18H17F4N3O2/c1-18(15(20)9-24-17(23)27-18)11-8-10(6-7-12(11)19)25-13-4-2-3-5-14(13)26-16(21)22/h2-8,15-16,25H,9H2,1H3,(H2,23,24)/t15-,18-/m1/s1. The highest BCUT2D eigenvalue weighted by molar-refractivity contribution is 5.73. The van der Waals surface area contributed by atoms with E-state index in [-0.39, 0.29) is 29.6 Å². The first kappa shape index (κ1) is 18.8. The summed E-state index contributed by atoms with van der Waals surface area (Å²) in [5.74, 6) is -0.782. The predicted octanol–water partition coefficient (Wildman–Crippen LogP) is 4.07. The van der Waals surface area contributed by atoms with Gasteiger partial charge in [0.05, 0.1) is 12.2 Å². The van der Waals surface area contributed by atoms with Crippen molar-refractivity contribution in [3.8, 4) is 5.75 Å². The molecule has 3 N–H and O–H groups in total. The third-order valence-corrected chi connectivity index (χ3v) is 4.21. The highest BCUT2D eigenvalue weighted by Gasteiger charge is 2.44. The van der Waals surface area contributed by atoms with Gasteiger partial charge >= 0.3 is 6.61 Å². The minimum absolute atomic E-state index is 0.0786. The first-order valence-electron chi connectivity index (χ1n) is 8.03. The number of nitrogens with zero attached hydrogens (tertiary/aromatic N) is 1. The number of anilines is 2. The smallest absolute Gasteiger partial charge is 0.387 e. The van der Waals surface area contributed by atoms with E-state index in [0.29, 0.717) is 5.69 Å². The van der Waals surface area contributed by atoms with Crippen molar-refractivity contribution in [2.45, 2.75) is 25.3 Å². The van der Waals surface area contributed by atoms with Crippen molar-refractivity contribution in [3.63, 3.8) is 0 Å². The van der Waals surface area contributed by atoms with Crippen LogP contribution in [-0.4, -0.2) is 25.3 Å². The summed E-state index contributed by atoms with van der Waals surface area (Å²) in [5.41, 5.74) is 4.34. The maximum Gasteiger partial charge on any atom is 0.387 e. The van der Waals surface area contributed by atoms with Crippen molar-refractivity contribution < 1.29 is 27.0 Å². The quantitative estimate of drug-likeness (QED) is 0.764. The minimum atomic E-state index is -3.00. The van der Waals surface area contributed by atoms with Gasteiger partial charge in [-0.3, -0.25) is 0 Å². The van der Waals surface area contributed by atoms with Crippen LogP contribution in [0.3, 0.4) is 0 Å². The molecule has 1 aliphatic rings. The second-order valence-corrected chi connectivity index (χ2v) is 6.05. The zero-order valence-corrected chi connectivity index (χ0v) is 14.3. The molecule has 0 bridgehead atoms. The number of aliphatic imine (C=N–C) groups is 1. The molecule has 0 aliphatic carbocycles. The van der Waals surface area contributed by atoms with Crippen LogP contribution in [0, 0.1) is 5.82 Å². The summed E-state index contributed by atoms with van der Waals surface area (Å²) in [6.45, 7) is -1.89. The van der Waals surface area contributed by atoms with Gasteiger partial charge in [-0.2, -0.15) is 8.78 Å². The molecule has 2 atom stereocenters. The molecule has 5 nitrogen and oxygen atoms in total. The number of benzene rings is 2. The summed E-state index contributed by atoms with van der Waals surface area (Å²) < 4.78 is 63.7. The van der Waals surface area contributed by atoms with Crippen LogP contribution in [-0.2, 0) is 10.3 Å². The minimum Gasteiger partial charge on any atom is -0.451 e. The first-order chi connectivity index (χ1) is 12.8. The molecular formula is C18H17F4N3O2. The van der Waals surface area contributed by atoms with Gasteiger partial charge in [0, 0.05) is 11.3 Å². The first-order valence-corrected chi connectivity index (χ1v) is 8.03. The van der Waals surface area contributed by atoms with E-state index in [1.54, 1.807) is 6.07 Å². The van der Waals surface area contributed by atoms with Crippen LogP contribution in [0.25, 0.3) is 0 Å². The van der Waals surface area contributed by atoms with Gasteiger partial charge in [0.15, 0.2) is 11.8 Å². The Bertz CT molecular complexity index is 862. The maximum atomic E-state index is 14.5. The molecule has 0 saturated carbocycles. The molecule has 0 radical (unpaired) electrons. The number of amidine groups is 1. The van der Waals surface area contributed by atoms with Gasteiger partial charge in [-0.25, -0.2) is 13.8 Å². The zero-order valence-electron chi connectivity index (χ0n) is 14.3. The molecule has 2 aromatic rings. The Labute approximate surface area is 152 Å². The van der Waals surface area contributed by atoms with Gasteiger partial charge in [0.25, 0.3) is 6.02 Å². The van der Waals surface area contributed by atoms with Gasteiger partial charge < -0.3 is 20.5 Å². The van der Waals surface area contributed by atoms with Crippen LogP contribution in [0.15, 0.2) is 47.5 Å². The third-order valence-electron chi connectivity index (χ3n) is 4.21. The monoisotopic (exact) mass is 383 g/mol. The number of hydrogen-bond donors (Lipinski definition) is 2. The Kier molecular flexibility index (Phi) is 5.11. The van der Waals surface area contributed by atoms with Gasteiger partial charge in [-0.05, 0) is 37.3 Å². The number of alkyl halides is 3. The summed E-state index contributed by atoms with van der Waals surface area (Å²) in [6.07, 6.45) is -1.62. The molecule has 1 aliphatic heterocycles. The number of halogens is 4. The van der Waals surface area contributed by atoms with Gasteiger partial charge in [-0.1, -0.05) is 12.1 Å². The summed E-state index contributed by atoms with van der Waals surface area (Å²) in [4.78, 5) is 3.66.